The Morgan fingerprint density at radius 3 is 2.44 bits per heavy atom. The van der Waals surface area contributed by atoms with Crippen molar-refractivity contribution in [1.82, 2.24) is 0 Å². The van der Waals surface area contributed by atoms with Gasteiger partial charge in [0.25, 0.3) is 5.91 Å². The van der Waals surface area contributed by atoms with Gasteiger partial charge in [-0.2, -0.15) is 0 Å². The maximum atomic E-state index is 11.9. The smallest absolute Gasteiger partial charge is 0.265 e. The van der Waals surface area contributed by atoms with E-state index in [1.807, 2.05) is 29.6 Å². The highest BCUT2D eigenvalue weighted by molar-refractivity contribution is 7.80. The van der Waals surface area contributed by atoms with Crippen molar-refractivity contribution in [1.29, 1.82) is 0 Å². The summed E-state index contributed by atoms with van der Waals surface area (Å²) in [6.45, 7) is 4.29. The van der Waals surface area contributed by atoms with Gasteiger partial charge in [-0.3, -0.25) is 4.79 Å². The van der Waals surface area contributed by atoms with Gasteiger partial charge in [0.1, 0.15) is 0 Å². The first-order chi connectivity index (χ1) is 8.56. The number of benzene rings is 1. The summed E-state index contributed by atoms with van der Waals surface area (Å²) in [5.41, 5.74) is 2.08. The van der Waals surface area contributed by atoms with Crippen molar-refractivity contribution in [2.24, 2.45) is 0 Å². The molecular weight excluding hydrogens is 262 g/mol. The third kappa shape index (κ3) is 3.15. The lowest BCUT2D eigenvalue weighted by molar-refractivity contribution is 0.103. The van der Waals surface area contributed by atoms with Gasteiger partial charge in [0.15, 0.2) is 0 Å². The molecule has 4 heteroatoms. The number of rotatable bonds is 3. The third-order valence-electron chi connectivity index (χ3n) is 2.64. The summed E-state index contributed by atoms with van der Waals surface area (Å²) in [6, 6.07) is 9.72. The first-order valence-electron chi connectivity index (χ1n) is 5.75. The van der Waals surface area contributed by atoms with E-state index in [1.165, 1.54) is 16.9 Å². The zero-order chi connectivity index (χ0) is 13.1. The monoisotopic (exact) mass is 277 g/mol. The molecular formula is C14H15NOS2. The van der Waals surface area contributed by atoms with Crippen molar-refractivity contribution in [2.45, 2.75) is 24.7 Å². The fourth-order valence-electron chi connectivity index (χ4n) is 1.59. The van der Waals surface area contributed by atoms with Crippen molar-refractivity contribution in [3.8, 4) is 0 Å². The molecule has 0 radical (unpaired) electrons. The maximum absolute atomic E-state index is 11.9. The first-order valence-corrected chi connectivity index (χ1v) is 7.08. The molecule has 0 aliphatic heterocycles. The van der Waals surface area contributed by atoms with Crippen LogP contribution in [0, 0.1) is 0 Å². The Labute approximate surface area is 116 Å². The van der Waals surface area contributed by atoms with Crippen molar-refractivity contribution in [3.63, 3.8) is 0 Å². The highest BCUT2D eigenvalue weighted by Crippen LogP contribution is 2.20. The van der Waals surface area contributed by atoms with E-state index >= 15 is 0 Å². The summed E-state index contributed by atoms with van der Waals surface area (Å²) in [5.74, 6) is 0.413. The van der Waals surface area contributed by atoms with E-state index in [-0.39, 0.29) is 5.91 Å². The van der Waals surface area contributed by atoms with E-state index in [4.69, 9.17) is 0 Å². The van der Waals surface area contributed by atoms with Crippen LogP contribution in [0.4, 0.5) is 5.69 Å². The number of nitrogens with one attached hydrogen (secondary N) is 1. The predicted octanol–water partition coefficient (Wildman–Crippen LogP) is 4.41. The molecule has 1 amide bonds. The summed E-state index contributed by atoms with van der Waals surface area (Å²) in [5, 5.41) is 4.72. The molecule has 2 aromatic rings. The van der Waals surface area contributed by atoms with Gasteiger partial charge in [0.05, 0.1) is 4.88 Å². The molecule has 0 fully saturated rings. The molecule has 0 aliphatic rings. The average Bonchev–Trinajstić information content (AvgIpc) is 2.76. The quantitative estimate of drug-likeness (QED) is 0.799. The fourth-order valence-corrected chi connectivity index (χ4v) is 2.63. The molecule has 0 aliphatic carbocycles. The predicted molar refractivity (Wildman–Crippen MR) is 80.1 cm³/mol. The molecule has 0 unspecified atom stereocenters. The Hall–Kier alpha value is -1.26. The van der Waals surface area contributed by atoms with Crippen LogP contribution in [0.25, 0.3) is 0 Å². The number of amides is 1. The lowest BCUT2D eigenvalue weighted by Gasteiger charge is -2.07. The Kier molecular flexibility index (Phi) is 4.09. The van der Waals surface area contributed by atoms with Gasteiger partial charge in [-0.1, -0.05) is 26.0 Å². The maximum Gasteiger partial charge on any atom is 0.265 e. The molecule has 2 rings (SSSR count). The molecule has 2 nitrogen and oxygen atoms in total. The molecule has 1 aromatic carbocycles. The van der Waals surface area contributed by atoms with Crippen molar-refractivity contribution < 1.29 is 4.79 Å². The number of hydrogen-bond acceptors (Lipinski definition) is 3. The lowest BCUT2D eigenvalue weighted by atomic mass is 10.0. The van der Waals surface area contributed by atoms with Crippen LogP contribution < -0.4 is 5.32 Å². The minimum Gasteiger partial charge on any atom is -0.321 e. The van der Waals surface area contributed by atoms with E-state index in [2.05, 4.69) is 31.8 Å². The zero-order valence-corrected chi connectivity index (χ0v) is 12.0. The van der Waals surface area contributed by atoms with E-state index < -0.39 is 0 Å². The Morgan fingerprint density at radius 2 is 1.94 bits per heavy atom. The van der Waals surface area contributed by atoms with Crippen LogP contribution in [0.2, 0.25) is 0 Å². The van der Waals surface area contributed by atoms with Crippen molar-refractivity contribution in [3.05, 3.63) is 46.2 Å². The van der Waals surface area contributed by atoms with E-state index in [0.29, 0.717) is 10.8 Å². The number of thiophene rings is 1. The molecule has 1 N–H and O–H groups in total. The number of anilines is 1. The summed E-state index contributed by atoms with van der Waals surface area (Å²) < 4.78 is 0. The minimum absolute atomic E-state index is 0.0856. The van der Waals surface area contributed by atoms with Crippen LogP contribution in [0.5, 0.6) is 0 Å². The van der Waals surface area contributed by atoms with Gasteiger partial charge in [0, 0.05) is 16.0 Å². The Balaban J connectivity index is 2.07. The average molecular weight is 277 g/mol. The normalized spacial score (nSPS) is 10.7. The number of hydrogen-bond donors (Lipinski definition) is 2. The second-order valence-electron chi connectivity index (χ2n) is 4.40. The molecule has 1 aromatic heterocycles. The van der Waals surface area contributed by atoms with Crippen LogP contribution in [0.15, 0.2) is 40.6 Å². The van der Waals surface area contributed by atoms with E-state index in [1.54, 1.807) is 6.07 Å². The summed E-state index contributed by atoms with van der Waals surface area (Å²) in [7, 11) is 0. The van der Waals surface area contributed by atoms with E-state index in [9.17, 15) is 4.79 Å². The first kappa shape index (κ1) is 13.2. The van der Waals surface area contributed by atoms with Crippen molar-refractivity contribution in [2.75, 3.05) is 5.32 Å². The van der Waals surface area contributed by atoms with Gasteiger partial charge in [0.2, 0.25) is 0 Å². The number of carbonyl (C=O) groups is 1. The molecule has 0 bridgehead atoms. The SMILES string of the molecule is CC(C)c1ccc(NC(=O)c2cc(S)cs2)cc1. The molecule has 0 atom stereocenters. The Morgan fingerprint density at radius 1 is 1.28 bits per heavy atom. The van der Waals surface area contributed by atoms with Gasteiger partial charge in [-0.15, -0.1) is 24.0 Å². The topological polar surface area (TPSA) is 29.1 Å². The highest BCUT2D eigenvalue weighted by Gasteiger charge is 2.08. The Bertz CT molecular complexity index is 543. The number of thiol groups is 1. The summed E-state index contributed by atoms with van der Waals surface area (Å²) in [6.07, 6.45) is 0. The van der Waals surface area contributed by atoms with E-state index in [0.717, 1.165) is 10.6 Å². The second kappa shape index (κ2) is 5.59. The van der Waals surface area contributed by atoms with Gasteiger partial charge in [-0.05, 0) is 29.7 Å². The summed E-state index contributed by atoms with van der Waals surface area (Å²) >= 11 is 5.59. The van der Waals surface area contributed by atoms with Gasteiger partial charge >= 0.3 is 0 Å². The van der Waals surface area contributed by atoms with Crippen LogP contribution in [-0.2, 0) is 0 Å². The number of carbonyl (C=O) groups excluding carboxylic acids is 1. The molecule has 0 saturated carbocycles. The second-order valence-corrected chi connectivity index (χ2v) is 5.83. The van der Waals surface area contributed by atoms with Gasteiger partial charge < -0.3 is 5.32 Å². The fraction of sp³-hybridized carbons (Fsp3) is 0.214. The molecule has 1 heterocycles. The lowest BCUT2D eigenvalue weighted by Crippen LogP contribution is -2.09. The largest absolute Gasteiger partial charge is 0.321 e. The van der Waals surface area contributed by atoms with Crippen LogP contribution >= 0.6 is 24.0 Å². The van der Waals surface area contributed by atoms with Crippen LogP contribution in [0.1, 0.15) is 35.0 Å². The highest BCUT2D eigenvalue weighted by atomic mass is 32.1. The summed E-state index contributed by atoms with van der Waals surface area (Å²) in [4.78, 5) is 13.4. The van der Waals surface area contributed by atoms with Crippen LogP contribution in [-0.4, -0.2) is 5.91 Å². The third-order valence-corrected chi connectivity index (χ3v) is 4.01. The van der Waals surface area contributed by atoms with Crippen molar-refractivity contribution >= 4 is 35.6 Å². The zero-order valence-electron chi connectivity index (χ0n) is 10.3. The van der Waals surface area contributed by atoms with Gasteiger partial charge in [-0.25, -0.2) is 0 Å². The molecule has 18 heavy (non-hydrogen) atoms. The minimum atomic E-state index is -0.0856. The molecule has 0 saturated heterocycles. The van der Waals surface area contributed by atoms with Crippen LogP contribution in [0.3, 0.4) is 0 Å². The molecule has 0 spiro atoms. The standard InChI is InChI=1S/C14H15NOS2/c1-9(2)10-3-5-11(6-4-10)15-14(16)13-7-12(17)8-18-13/h3-9,17H,1-2H3,(H,15,16). The molecule has 94 valence electrons.